The lowest BCUT2D eigenvalue weighted by Crippen LogP contribution is -2.22. The second kappa shape index (κ2) is 4.45. The lowest BCUT2D eigenvalue weighted by Gasteiger charge is -2.05. The molecule has 1 aromatic heterocycles. The summed E-state index contributed by atoms with van der Waals surface area (Å²) in [5.74, 6) is -1.17. The Kier molecular flexibility index (Phi) is 3.01. The quantitative estimate of drug-likeness (QED) is 0.760. The van der Waals surface area contributed by atoms with E-state index in [1.165, 1.54) is 0 Å². The van der Waals surface area contributed by atoms with E-state index in [9.17, 15) is 9.90 Å². The molecule has 0 saturated heterocycles. The Morgan fingerprint density at radius 3 is 2.69 bits per heavy atom. The summed E-state index contributed by atoms with van der Waals surface area (Å²) in [7, 11) is -0.484. The van der Waals surface area contributed by atoms with Crippen molar-refractivity contribution in [3.05, 3.63) is 52.5 Å². The Morgan fingerprint density at radius 1 is 1.38 bits per heavy atom. The van der Waals surface area contributed by atoms with Crippen LogP contribution in [0.25, 0.3) is 0 Å². The third-order valence-corrected chi connectivity index (χ3v) is 4.61. The monoisotopic (exact) mass is 233 g/mol. The van der Waals surface area contributed by atoms with E-state index in [1.807, 2.05) is 42.6 Å². The number of thiazole rings is 1. The second-order valence-electron chi connectivity index (χ2n) is 3.43. The average Bonchev–Trinajstić information content (AvgIpc) is 2.78. The molecule has 0 N–H and O–H groups in total. The van der Waals surface area contributed by atoms with Gasteiger partial charge in [0.1, 0.15) is 5.97 Å². The maximum Gasteiger partial charge on any atom is 0.290 e. The molecule has 0 fully saturated rings. The van der Waals surface area contributed by atoms with Crippen molar-refractivity contribution >= 4 is 16.4 Å². The molecule has 16 heavy (non-hydrogen) atoms. The minimum absolute atomic E-state index is 0.122. The highest BCUT2D eigenvalue weighted by Crippen LogP contribution is 2.37. The van der Waals surface area contributed by atoms with Gasteiger partial charge in [0.2, 0.25) is 0 Å². The van der Waals surface area contributed by atoms with Crippen molar-refractivity contribution in [1.29, 1.82) is 0 Å². The number of aromatic carboxylic acids is 1. The zero-order chi connectivity index (χ0) is 11.5. The molecule has 1 aromatic carbocycles. The largest absolute Gasteiger partial charge is 0.539 e. The van der Waals surface area contributed by atoms with Crippen LogP contribution < -0.4 is 5.11 Å². The average molecular weight is 233 g/mol. The number of aromatic nitrogens is 1. The minimum atomic E-state index is -1.17. The first-order valence-electron chi connectivity index (χ1n) is 4.93. The normalized spacial score (nSPS) is 13.4. The molecule has 2 atom stereocenters. The number of nitrogens with zero attached hydrogens (tertiary/aromatic N) is 1. The van der Waals surface area contributed by atoms with Crippen LogP contribution in [0.5, 0.6) is 0 Å². The van der Waals surface area contributed by atoms with Crippen LogP contribution in [-0.4, -0.2) is 11.0 Å². The maximum atomic E-state index is 10.9. The van der Waals surface area contributed by atoms with Gasteiger partial charge in [-0.25, -0.2) is 0 Å². The molecule has 0 spiro atoms. The molecule has 2 unspecified atom stereocenters. The SMILES string of the molecule is CC(c1ccccc1)[s+]1ccnc1C(=O)[O-]. The Hall–Kier alpha value is -1.68. The predicted octanol–water partition coefficient (Wildman–Crippen LogP) is 1.80. The van der Waals surface area contributed by atoms with Crippen LogP contribution in [0.3, 0.4) is 0 Å². The summed E-state index contributed by atoms with van der Waals surface area (Å²) >= 11 is 0. The van der Waals surface area contributed by atoms with Gasteiger partial charge in [0.05, 0.1) is 6.20 Å². The van der Waals surface area contributed by atoms with Gasteiger partial charge in [0.15, 0.2) is 10.6 Å². The molecule has 3 nitrogen and oxygen atoms in total. The molecule has 0 aliphatic heterocycles. The Bertz CT molecular complexity index is 493. The van der Waals surface area contributed by atoms with Crippen LogP contribution in [0.2, 0.25) is 0 Å². The molecule has 4 heteroatoms. The predicted molar refractivity (Wildman–Crippen MR) is 61.3 cm³/mol. The van der Waals surface area contributed by atoms with Gasteiger partial charge in [-0.05, 0) is 6.92 Å². The zero-order valence-electron chi connectivity index (χ0n) is 8.79. The lowest BCUT2D eigenvalue weighted by molar-refractivity contribution is -0.255. The van der Waals surface area contributed by atoms with E-state index in [0.717, 1.165) is 5.56 Å². The van der Waals surface area contributed by atoms with Gasteiger partial charge in [-0.2, -0.15) is 4.98 Å². The summed E-state index contributed by atoms with van der Waals surface area (Å²) < 4.78 is 0. The van der Waals surface area contributed by atoms with Gasteiger partial charge in [0.25, 0.3) is 5.01 Å². The first kappa shape index (κ1) is 10.8. The fourth-order valence-electron chi connectivity index (χ4n) is 1.59. The van der Waals surface area contributed by atoms with Crippen molar-refractivity contribution in [2.24, 2.45) is 0 Å². The molecule has 0 radical (unpaired) electrons. The number of carboxylic acid groups (broad SMARTS) is 1. The molecule has 2 aromatic rings. The van der Waals surface area contributed by atoms with E-state index in [-0.39, 0.29) is 10.3 Å². The smallest absolute Gasteiger partial charge is 0.290 e. The van der Waals surface area contributed by atoms with Crippen LogP contribution in [0.1, 0.15) is 27.5 Å². The van der Waals surface area contributed by atoms with Gasteiger partial charge in [-0.3, -0.25) is 0 Å². The van der Waals surface area contributed by atoms with E-state index >= 15 is 0 Å². The van der Waals surface area contributed by atoms with Gasteiger partial charge < -0.3 is 9.90 Å². The number of carboxylic acids is 1. The van der Waals surface area contributed by atoms with Crippen molar-refractivity contribution in [1.82, 2.24) is 4.98 Å². The molecule has 82 valence electrons. The molecular formula is C12H11NO2S. The molecule has 2 rings (SSSR count). The van der Waals surface area contributed by atoms with Crippen molar-refractivity contribution in [2.75, 3.05) is 0 Å². The Balaban J connectivity index is 2.38. The number of carbonyl (C=O) groups is 1. The second-order valence-corrected chi connectivity index (χ2v) is 5.54. The summed E-state index contributed by atoms with van der Waals surface area (Å²) in [4.78, 5) is 14.7. The third-order valence-electron chi connectivity index (χ3n) is 2.45. The molecule has 0 saturated carbocycles. The summed E-state index contributed by atoms with van der Waals surface area (Å²) in [6.07, 6.45) is 1.55. The number of hydrogen-bond donors (Lipinski definition) is 0. The van der Waals surface area contributed by atoms with Crippen molar-refractivity contribution in [3.63, 3.8) is 0 Å². The topological polar surface area (TPSA) is 53.0 Å². The first-order valence-corrected chi connectivity index (χ1v) is 6.28. The molecule has 0 bridgehead atoms. The van der Waals surface area contributed by atoms with Crippen LogP contribution in [0.4, 0.5) is 0 Å². The van der Waals surface area contributed by atoms with Crippen LogP contribution >= 0.6 is 10.5 Å². The van der Waals surface area contributed by atoms with E-state index in [1.54, 1.807) is 6.20 Å². The standard InChI is InChI=1S/C12H11NO2S/c1-9(10-5-3-2-4-6-10)16-8-7-13-11(16)12(14)15/h2-9H,1H3. The summed E-state index contributed by atoms with van der Waals surface area (Å²) in [6.45, 7) is 2.01. The van der Waals surface area contributed by atoms with Gasteiger partial charge in [-0.15, -0.1) is 0 Å². The van der Waals surface area contributed by atoms with E-state index < -0.39 is 16.4 Å². The third kappa shape index (κ3) is 1.97. The molecule has 1 heterocycles. The highest BCUT2D eigenvalue weighted by atomic mass is 32.2. The summed E-state index contributed by atoms with van der Waals surface area (Å²) in [5, 5.41) is 13.0. The van der Waals surface area contributed by atoms with Gasteiger partial charge >= 0.3 is 0 Å². The highest BCUT2D eigenvalue weighted by Gasteiger charge is 2.24. The first-order chi connectivity index (χ1) is 7.70. The minimum Gasteiger partial charge on any atom is -0.539 e. The van der Waals surface area contributed by atoms with Gasteiger partial charge in [-0.1, -0.05) is 30.3 Å². The summed E-state index contributed by atoms with van der Waals surface area (Å²) in [6, 6.07) is 9.83. The Labute approximate surface area is 96.4 Å². The Morgan fingerprint density at radius 2 is 2.06 bits per heavy atom. The number of hydrogen-bond acceptors (Lipinski definition) is 3. The number of carbonyl (C=O) groups excluding carboxylic acids is 1. The van der Waals surface area contributed by atoms with E-state index in [4.69, 9.17) is 0 Å². The maximum absolute atomic E-state index is 10.9. The van der Waals surface area contributed by atoms with Crippen molar-refractivity contribution in [3.8, 4) is 0 Å². The van der Waals surface area contributed by atoms with Crippen LogP contribution in [0, 0.1) is 0 Å². The fraction of sp³-hybridized carbons (Fsp3) is 0.167. The molecule has 0 aliphatic rings. The lowest BCUT2D eigenvalue weighted by atomic mass is 10.2. The number of benzene rings is 1. The van der Waals surface area contributed by atoms with E-state index in [2.05, 4.69) is 4.98 Å². The molecule has 0 amide bonds. The fourth-order valence-corrected chi connectivity index (χ4v) is 3.31. The summed E-state index contributed by atoms with van der Waals surface area (Å²) in [5.41, 5.74) is 1.12. The van der Waals surface area contributed by atoms with Crippen LogP contribution in [-0.2, 0) is 0 Å². The van der Waals surface area contributed by atoms with Crippen molar-refractivity contribution in [2.45, 2.75) is 12.2 Å². The zero-order valence-corrected chi connectivity index (χ0v) is 9.61. The molecular weight excluding hydrogens is 222 g/mol. The number of rotatable bonds is 3. The highest BCUT2D eigenvalue weighted by molar-refractivity contribution is 7.32. The van der Waals surface area contributed by atoms with E-state index in [0.29, 0.717) is 0 Å². The van der Waals surface area contributed by atoms with Crippen molar-refractivity contribution < 1.29 is 9.90 Å². The van der Waals surface area contributed by atoms with Gasteiger partial charge in [0, 0.05) is 16.0 Å². The van der Waals surface area contributed by atoms with Crippen LogP contribution in [0.15, 0.2) is 41.9 Å². The molecule has 0 aliphatic carbocycles.